The van der Waals surface area contributed by atoms with Crippen LogP contribution in [0.2, 0.25) is 13.1 Å². The second-order valence-corrected chi connectivity index (χ2v) is 7.54. The average Bonchev–Trinajstić information content (AvgIpc) is 1.68. The van der Waals surface area contributed by atoms with Crippen molar-refractivity contribution in [2.24, 2.45) is 0 Å². The van der Waals surface area contributed by atoms with Crippen LogP contribution >= 0.6 is 0 Å². The van der Waals surface area contributed by atoms with E-state index in [0.717, 1.165) is 0 Å². The van der Waals surface area contributed by atoms with E-state index in [2.05, 4.69) is 24.7 Å². The molecule has 0 atom stereocenters. The Kier molecular flexibility index (Phi) is 2.26. The van der Waals surface area contributed by atoms with E-state index in [9.17, 15) is 0 Å². The molecule has 0 rings (SSSR count). The van der Waals surface area contributed by atoms with Gasteiger partial charge in [0.25, 0.3) is 0 Å². The summed E-state index contributed by atoms with van der Waals surface area (Å²) in [6, 6.07) is 0. The first-order valence-corrected chi connectivity index (χ1v) is 6.24. The summed E-state index contributed by atoms with van der Waals surface area (Å²) in [6.07, 6.45) is 0. The molecule has 0 bridgehead atoms. The third-order valence-electron chi connectivity index (χ3n) is 1.33. The van der Waals surface area contributed by atoms with Gasteiger partial charge in [-0.05, 0) is 0 Å². The fourth-order valence-electron chi connectivity index (χ4n) is 0.118. The molecule has 44 valence electrons. The van der Waals surface area contributed by atoms with E-state index >= 15 is 0 Å². The van der Waals surface area contributed by atoms with E-state index in [1.54, 1.807) is 0 Å². The normalized spacial score (nSPS) is 13.6. The van der Waals surface area contributed by atoms with Crippen LogP contribution in [-0.4, -0.2) is 15.3 Å². The second-order valence-electron chi connectivity index (χ2n) is 2.51. The third-order valence-corrected chi connectivity index (χ3v) is 4.00. The van der Waals surface area contributed by atoms with Crippen molar-refractivity contribution in [3.05, 3.63) is 12.3 Å². The predicted molar refractivity (Wildman–Crippen MR) is 38.1 cm³/mol. The van der Waals surface area contributed by atoms with Gasteiger partial charge in [0.2, 0.25) is 0 Å². The summed E-state index contributed by atoms with van der Waals surface area (Å²) in [5.74, 6) is 0. The molecule has 0 saturated carbocycles. The Morgan fingerprint density at radius 2 is 2.00 bits per heavy atom. The first-order chi connectivity index (χ1) is 3.12. The van der Waals surface area contributed by atoms with E-state index in [1.165, 1.54) is 0 Å². The zero-order chi connectivity index (χ0) is 5.91. The summed E-state index contributed by atoms with van der Waals surface area (Å²) in [5.41, 5.74) is 2.05. The van der Waals surface area contributed by atoms with Gasteiger partial charge < -0.3 is 0 Å². The topological polar surface area (TPSA) is 12.0 Å². The SMILES string of the molecule is C=C[SiH-](C)(C)NC. The van der Waals surface area contributed by atoms with Gasteiger partial charge in [-0.1, -0.05) is 0 Å². The summed E-state index contributed by atoms with van der Waals surface area (Å²) < 4.78 is 0. The van der Waals surface area contributed by atoms with Gasteiger partial charge in [0.05, 0.1) is 0 Å². The fourth-order valence-corrected chi connectivity index (χ4v) is 0.354. The van der Waals surface area contributed by atoms with E-state index in [4.69, 9.17) is 0 Å². The van der Waals surface area contributed by atoms with Crippen LogP contribution in [0.5, 0.6) is 0 Å². The maximum atomic E-state index is 3.71. The number of hydrogen-bond acceptors (Lipinski definition) is 1. The molecule has 0 aliphatic rings. The molecular formula is C5H14NSi-. The van der Waals surface area contributed by atoms with Crippen molar-refractivity contribution < 1.29 is 0 Å². The minimum absolute atomic E-state index is 1.38. The van der Waals surface area contributed by atoms with Crippen molar-refractivity contribution in [2.75, 3.05) is 7.05 Å². The van der Waals surface area contributed by atoms with Gasteiger partial charge in [-0.3, -0.25) is 0 Å². The van der Waals surface area contributed by atoms with Crippen LogP contribution in [0.3, 0.4) is 0 Å². The molecule has 0 aromatic carbocycles. The minimum atomic E-state index is -1.38. The molecule has 0 spiro atoms. The molecular weight excluding hydrogens is 102 g/mol. The van der Waals surface area contributed by atoms with Crippen molar-refractivity contribution >= 4 is 8.24 Å². The molecule has 0 unspecified atom stereocenters. The Hall–Kier alpha value is -0.0831. The summed E-state index contributed by atoms with van der Waals surface area (Å²) in [5, 5.41) is 0. The summed E-state index contributed by atoms with van der Waals surface area (Å²) in [4.78, 5) is 3.24. The van der Waals surface area contributed by atoms with Gasteiger partial charge in [0, 0.05) is 0 Å². The van der Waals surface area contributed by atoms with Crippen LogP contribution in [0, 0.1) is 0 Å². The van der Waals surface area contributed by atoms with Crippen molar-refractivity contribution in [1.82, 2.24) is 4.98 Å². The van der Waals surface area contributed by atoms with Crippen LogP contribution in [0.25, 0.3) is 0 Å². The third kappa shape index (κ3) is 2.59. The van der Waals surface area contributed by atoms with Crippen molar-refractivity contribution in [3.63, 3.8) is 0 Å². The van der Waals surface area contributed by atoms with Gasteiger partial charge >= 0.3 is 45.6 Å². The van der Waals surface area contributed by atoms with Crippen molar-refractivity contribution in [1.29, 1.82) is 0 Å². The first-order valence-electron chi connectivity index (χ1n) is 2.68. The molecule has 0 heterocycles. The quantitative estimate of drug-likeness (QED) is 0.528. The van der Waals surface area contributed by atoms with Crippen LogP contribution < -0.4 is 4.98 Å². The summed E-state index contributed by atoms with van der Waals surface area (Å²) in [6.45, 7) is 8.19. The standard InChI is InChI=1S/C5H14NSi/c1-5-7(3,4)6-2/h5-7H,1H2,2-4H3/q-1. The van der Waals surface area contributed by atoms with Crippen LogP contribution in [0.1, 0.15) is 0 Å². The molecule has 0 saturated heterocycles. The van der Waals surface area contributed by atoms with Crippen LogP contribution in [0.4, 0.5) is 0 Å². The number of nitrogens with one attached hydrogen (secondary N) is 1. The second kappa shape index (κ2) is 2.28. The number of hydrogen-bond donors (Lipinski definition) is 1. The summed E-state index contributed by atoms with van der Waals surface area (Å²) in [7, 11) is 0.608. The van der Waals surface area contributed by atoms with Gasteiger partial charge in [0.1, 0.15) is 0 Å². The average molecular weight is 116 g/mol. The van der Waals surface area contributed by atoms with Gasteiger partial charge in [-0.2, -0.15) is 0 Å². The fraction of sp³-hybridized carbons (Fsp3) is 0.600. The molecule has 7 heavy (non-hydrogen) atoms. The van der Waals surface area contributed by atoms with Crippen LogP contribution in [0.15, 0.2) is 12.3 Å². The Bertz CT molecular complexity index is 68.5. The van der Waals surface area contributed by atoms with Gasteiger partial charge in [-0.15, -0.1) is 0 Å². The molecule has 1 nitrogen and oxygen atoms in total. The maximum absolute atomic E-state index is 3.71. The molecule has 1 N–H and O–H groups in total. The molecule has 0 aromatic heterocycles. The van der Waals surface area contributed by atoms with Crippen LogP contribution in [-0.2, 0) is 0 Å². The van der Waals surface area contributed by atoms with E-state index < -0.39 is 8.24 Å². The molecule has 0 amide bonds. The predicted octanol–water partition coefficient (Wildman–Crippen LogP) is 0.868. The number of rotatable bonds is 2. The Morgan fingerprint density at radius 1 is 1.57 bits per heavy atom. The van der Waals surface area contributed by atoms with Crippen molar-refractivity contribution in [3.8, 4) is 0 Å². The Balaban J connectivity index is 3.58. The molecule has 2 heteroatoms. The zero-order valence-electron chi connectivity index (χ0n) is 5.36. The van der Waals surface area contributed by atoms with E-state index in [-0.39, 0.29) is 0 Å². The van der Waals surface area contributed by atoms with E-state index in [1.807, 2.05) is 12.7 Å². The van der Waals surface area contributed by atoms with Gasteiger partial charge in [-0.25, -0.2) is 0 Å². The monoisotopic (exact) mass is 116 g/mol. The first kappa shape index (κ1) is 6.92. The Labute approximate surface area is 46.5 Å². The molecule has 0 aliphatic carbocycles. The molecule has 0 fully saturated rings. The Morgan fingerprint density at radius 3 is 2.00 bits per heavy atom. The van der Waals surface area contributed by atoms with Gasteiger partial charge in [0.15, 0.2) is 0 Å². The molecule has 0 radical (unpaired) electrons. The zero-order valence-corrected chi connectivity index (χ0v) is 6.52. The van der Waals surface area contributed by atoms with E-state index in [0.29, 0.717) is 0 Å². The summed E-state index contributed by atoms with van der Waals surface area (Å²) >= 11 is 0. The molecule has 0 aliphatic heterocycles. The molecule has 0 aromatic rings. The van der Waals surface area contributed by atoms with Crippen molar-refractivity contribution in [2.45, 2.75) is 13.1 Å².